The minimum absolute atomic E-state index is 0.0173. The predicted octanol–water partition coefficient (Wildman–Crippen LogP) is 4.34. The molecule has 1 aliphatic carbocycles. The van der Waals surface area contributed by atoms with Crippen LogP contribution >= 0.6 is 11.8 Å². The molecule has 1 N–H and O–H groups in total. The number of amides is 1. The van der Waals surface area contributed by atoms with Crippen molar-refractivity contribution in [3.63, 3.8) is 0 Å². The average molecular weight is 398 g/mol. The first kappa shape index (κ1) is 18.8. The summed E-state index contributed by atoms with van der Waals surface area (Å²) in [5.41, 5.74) is 0. The maximum atomic E-state index is 12.1. The molecular formula is C21H23N3O3S. The molecule has 3 aromatic rings. The lowest BCUT2D eigenvalue weighted by Crippen LogP contribution is -2.37. The lowest BCUT2D eigenvalue weighted by Gasteiger charge is -2.22. The molecule has 1 amide bonds. The van der Waals surface area contributed by atoms with Gasteiger partial charge in [0.05, 0.1) is 5.75 Å². The molecule has 1 saturated carbocycles. The van der Waals surface area contributed by atoms with Crippen LogP contribution in [-0.4, -0.2) is 27.9 Å². The first-order chi connectivity index (χ1) is 13.8. The Kier molecular flexibility index (Phi) is 6.11. The van der Waals surface area contributed by atoms with Crippen molar-refractivity contribution in [1.29, 1.82) is 0 Å². The fraction of sp³-hybridized carbons (Fsp3) is 0.381. The van der Waals surface area contributed by atoms with E-state index in [9.17, 15) is 4.79 Å². The smallest absolute Gasteiger partial charge is 0.277 e. The van der Waals surface area contributed by atoms with Crippen molar-refractivity contribution in [2.75, 3.05) is 5.75 Å². The number of carbonyl (C=O) groups is 1. The SMILES string of the molecule is O=C(CSc1nnc(COc2cccc3ccccc23)o1)NC1CCCCC1. The topological polar surface area (TPSA) is 77.2 Å². The molecule has 0 saturated heterocycles. The quantitative estimate of drug-likeness (QED) is 0.598. The van der Waals surface area contributed by atoms with Gasteiger partial charge in [0.15, 0.2) is 6.61 Å². The number of benzene rings is 2. The van der Waals surface area contributed by atoms with E-state index in [1.54, 1.807) is 0 Å². The van der Waals surface area contributed by atoms with Gasteiger partial charge in [-0.1, -0.05) is 67.4 Å². The van der Waals surface area contributed by atoms with Gasteiger partial charge in [0, 0.05) is 11.4 Å². The summed E-state index contributed by atoms with van der Waals surface area (Å²) in [6.07, 6.45) is 5.82. The highest BCUT2D eigenvalue weighted by Crippen LogP contribution is 2.26. The lowest BCUT2D eigenvalue weighted by molar-refractivity contribution is -0.119. The van der Waals surface area contributed by atoms with Crippen molar-refractivity contribution in [3.05, 3.63) is 48.4 Å². The number of aromatic nitrogens is 2. The van der Waals surface area contributed by atoms with E-state index in [2.05, 4.69) is 15.5 Å². The normalized spacial score (nSPS) is 14.9. The predicted molar refractivity (Wildman–Crippen MR) is 108 cm³/mol. The Labute approximate surface area is 168 Å². The Hall–Kier alpha value is -2.54. The molecule has 0 spiro atoms. The van der Waals surface area contributed by atoms with Gasteiger partial charge in [-0.2, -0.15) is 0 Å². The van der Waals surface area contributed by atoms with Crippen molar-refractivity contribution in [2.45, 2.75) is 50.0 Å². The van der Waals surface area contributed by atoms with Crippen LogP contribution in [0.15, 0.2) is 52.1 Å². The first-order valence-corrected chi connectivity index (χ1v) is 10.6. The molecule has 1 aromatic heterocycles. The lowest BCUT2D eigenvalue weighted by atomic mass is 9.95. The van der Waals surface area contributed by atoms with Crippen LogP contribution in [0.25, 0.3) is 10.8 Å². The molecule has 4 rings (SSSR count). The van der Waals surface area contributed by atoms with Crippen molar-refractivity contribution in [3.8, 4) is 5.75 Å². The van der Waals surface area contributed by atoms with Gasteiger partial charge in [-0.3, -0.25) is 4.79 Å². The largest absolute Gasteiger partial charge is 0.483 e. The fourth-order valence-electron chi connectivity index (χ4n) is 3.46. The zero-order chi connectivity index (χ0) is 19.2. The molecule has 0 radical (unpaired) electrons. The summed E-state index contributed by atoms with van der Waals surface area (Å²) in [5, 5.41) is 13.6. The molecule has 1 fully saturated rings. The Morgan fingerprint density at radius 1 is 1.11 bits per heavy atom. The maximum absolute atomic E-state index is 12.1. The summed E-state index contributed by atoms with van der Waals surface area (Å²) in [4.78, 5) is 12.1. The van der Waals surface area contributed by atoms with Gasteiger partial charge in [0.2, 0.25) is 5.91 Å². The Bertz CT molecular complexity index is 932. The number of fused-ring (bicyclic) bond motifs is 1. The van der Waals surface area contributed by atoms with Gasteiger partial charge in [-0.25, -0.2) is 0 Å². The third-order valence-electron chi connectivity index (χ3n) is 4.85. The van der Waals surface area contributed by atoms with Gasteiger partial charge in [0.25, 0.3) is 11.1 Å². The number of rotatable bonds is 7. The van der Waals surface area contributed by atoms with E-state index in [1.165, 1.54) is 31.0 Å². The molecule has 2 aromatic carbocycles. The summed E-state index contributed by atoms with van der Waals surface area (Å²) in [5.74, 6) is 1.46. The Morgan fingerprint density at radius 2 is 1.93 bits per heavy atom. The number of hydrogen-bond donors (Lipinski definition) is 1. The molecular weight excluding hydrogens is 374 g/mol. The van der Waals surface area contributed by atoms with E-state index in [0.717, 1.165) is 29.4 Å². The molecule has 0 atom stereocenters. The number of ether oxygens (including phenoxy) is 1. The second kappa shape index (κ2) is 9.10. The van der Waals surface area contributed by atoms with Gasteiger partial charge < -0.3 is 14.5 Å². The molecule has 0 aliphatic heterocycles. The van der Waals surface area contributed by atoms with Gasteiger partial charge in [0.1, 0.15) is 5.75 Å². The van der Waals surface area contributed by atoms with Crippen LogP contribution in [0, 0.1) is 0 Å². The molecule has 0 unspecified atom stereocenters. The highest BCUT2D eigenvalue weighted by Gasteiger charge is 2.17. The van der Waals surface area contributed by atoms with Crippen LogP contribution in [0.4, 0.5) is 0 Å². The van der Waals surface area contributed by atoms with E-state index in [4.69, 9.17) is 9.15 Å². The zero-order valence-electron chi connectivity index (χ0n) is 15.6. The van der Waals surface area contributed by atoms with E-state index in [1.807, 2.05) is 42.5 Å². The second-order valence-electron chi connectivity index (χ2n) is 6.92. The maximum Gasteiger partial charge on any atom is 0.277 e. The molecule has 6 nitrogen and oxygen atoms in total. The van der Waals surface area contributed by atoms with Gasteiger partial charge in [-0.15, -0.1) is 10.2 Å². The van der Waals surface area contributed by atoms with Gasteiger partial charge in [-0.05, 0) is 24.3 Å². The molecule has 28 heavy (non-hydrogen) atoms. The Balaban J connectivity index is 1.27. The number of carbonyl (C=O) groups excluding carboxylic acids is 1. The summed E-state index contributed by atoms with van der Waals surface area (Å²) in [6.45, 7) is 0.190. The van der Waals surface area contributed by atoms with Crippen molar-refractivity contribution in [1.82, 2.24) is 15.5 Å². The fourth-order valence-corrected chi connectivity index (χ4v) is 4.05. The summed E-state index contributed by atoms with van der Waals surface area (Å²) in [6, 6.07) is 14.3. The summed E-state index contributed by atoms with van der Waals surface area (Å²) in [7, 11) is 0. The van der Waals surface area contributed by atoms with E-state index >= 15 is 0 Å². The number of nitrogens with one attached hydrogen (secondary N) is 1. The Morgan fingerprint density at radius 3 is 2.82 bits per heavy atom. The van der Waals surface area contributed by atoms with Crippen LogP contribution in [0.5, 0.6) is 5.75 Å². The number of nitrogens with zero attached hydrogens (tertiary/aromatic N) is 2. The summed E-state index contributed by atoms with van der Waals surface area (Å²) >= 11 is 1.25. The highest BCUT2D eigenvalue weighted by molar-refractivity contribution is 7.99. The molecule has 7 heteroatoms. The minimum Gasteiger partial charge on any atom is -0.483 e. The van der Waals surface area contributed by atoms with Crippen molar-refractivity contribution >= 4 is 28.4 Å². The molecule has 1 aliphatic rings. The standard InChI is InChI=1S/C21H23N3O3S/c25-19(22-16-9-2-1-3-10-16)14-28-21-24-23-20(27-21)13-26-18-12-6-8-15-7-4-5-11-17(15)18/h4-8,11-12,16H,1-3,9-10,13-14H2,(H,22,25). The highest BCUT2D eigenvalue weighted by atomic mass is 32.2. The number of thioether (sulfide) groups is 1. The van der Waals surface area contributed by atoms with E-state index < -0.39 is 0 Å². The van der Waals surface area contributed by atoms with Crippen LogP contribution < -0.4 is 10.1 Å². The van der Waals surface area contributed by atoms with Crippen molar-refractivity contribution < 1.29 is 13.9 Å². The first-order valence-electron chi connectivity index (χ1n) is 9.63. The van der Waals surface area contributed by atoms with Gasteiger partial charge >= 0.3 is 0 Å². The van der Waals surface area contributed by atoms with Crippen molar-refractivity contribution in [2.24, 2.45) is 0 Å². The molecule has 1 heterocycles. The third kappa shape index (κ3) is 4.84. The zero-order valence-corrected chi connectivity index (χ0v) is 16.4. The molecule has 0 bridgehead atoms. The third-order valence-corrected chi connectivity index (χ3v) is 5.66. The second-order valence-corrected chi connectivity index (χ2v) is 7.85. The summed E-state index contributed by atoms with van der Waals surface area (Å²) < 4.78 is 11.5. The monoisotopic (exact) mass is 397 g/mol. The van der Waals surface area contributed by atoms with Crippen LogP contribution in [0.2, 0.25) is 0 Å². The molecule has 146 valence electrons. The van der Waals surface area contributed by atoms with Crippen LogP contribution in [-0.2, 0) is 11.4 Å². The van der Waals surface area contributed by atoms with E-state index in [-0.39, 0.29) is 18.3 Å². The average Bonchev–Trinajstić information content (AvgIpc) is 3.19. The van der Waals surface area contributed by atoms with Crippen LogP contribution in [0.3, 0.4) is 0 Å². The number of hydrogen-bond acceptors (Lipinski definition) is 6. The minimum atomic E-state index is 0.0173. The van der Waals surface area contributed by atoms with Crippen LogP contribution in [0.1, 0.15) is 38.0 Å². The van der Waals surface area contributed by atoms with E-state index in [0.29, 0.717) is 17.2 Å².